The van der Waals surface area contributed by atoms with Crippen LogP contribution in [0.25, 0.3) is 0 Å². The molecule has 0 radical (unpaired) electrons. The lowest BCUT2D eigenvalue weighted by Gasteiger charge is -2.29. The summed E-state index contributed by atoms with van der Waals surface area (Å²) in [6, 6.07) is 11.1. The summed E-state index contributed by atoms with van der Waals surface area (Å²) in [6.45, 7) is 2.46. The van der Waals surface area contributed by atoms with E-state index in [4.69, 9.17) is 0 Å². The number of hydrogen-bond acceptors (Lipinski definition) is 0. The Morgan fingerprint density at radius 2 is 1.92 bits per heavy atom. The second-order valence-electron chi connectivity index (χ2n) is 3.90. The van der Waals surface area contributed by atoms with Gasteiger partial charge in [0.05, 0.1) is 0 Å². The van der Waals surface area contributed by atoms with E-state index < -0.39 is 0 Å². The van der Waals surface area contributed by atoms with Crippen molar-refractivity contribution in [2.75, 3.05) is 12.8 Å². The van der Waals surface area contributed by atoms with E-state index in [9.17, 15) is 0 Å². The van der Waals surface area contributed by atoms with Crippen molar-refractivity contribution in [3.63, 3.8) is 0 Å². The van der Waals surface area contributed by atoms with Gasteiger partial charge in [-0.25, -0.2) is 0 Å². The van der Waals surface area contributed by atoms with Crippen molar-refractivity contribution in [1.82, 2.24) is 0 Å². The van der Waals surface area contributed by atoms with Gasteiger partial charge in [0.15, 0.2) is 0 Å². The molecule has 0 bridgehead atoms. The zero-order valence-electron chi connectivity index (χ0n) is 8.24. The van der Waals surface area contributed by atoms with Crippen LogP contribution in [0.15, 0.2) is 30.3 Å². The zero-order chi connectivity index (χ0) is 9.10. The number of hydrogen-bond donors (Lipinski definition) is 0. The fourth-order valence-electron chi connectivity index (χ4n) is 2.17. The van der Waals surface area contributed by atoms with Gasteiger partial charge in [-0.3, -0.25) is 0 Å². The molecule has 2 atom stereocenters. The summed E-state index contributed by atoms with van der Waals surface area (Å²) < 4.78 is 0. The van der Waals surface area contributed by atoms with E-state index in [1.807, 2.05) is 0 Å². The highest BCUT2D eigenvalue weighted by Gasteiger charge is 2.21. The summed E-state index contributed by atoms with van der Waals surface area (Å²) in [6.07, 6.45) is 5.80. The lowest BCUT2D eigenvalue weighted by atomic mass is 10.1. The fourth-order valence-corrected chi connectivity index (χ4v) is 4.51. The quantitative estimate of drug-likeness (QED) is 0.589. The second-order valence-corrected chi connectivity index (χ2v) is 6.49. The second kappa shape index (κ2) is 4.24. The zero-order valence-corrected chi connectivity index (χ0v) is 9.13. The molecule has 70 valence electrons. The van der Waals surface area contributed by atoms with E-state index in [0.29, 0.717) is 0 Å². The molecule has 1 aliphatic heterocycles. The van der Waals surface area contributed by atoms with Gasteiger partial charge >= 0.3 is 0 Å². The van der Waals surface area contributed by atoms with Crippen molar-refractivity contribution in [2.24, 2.45) is 0 Å². The maximum atomic E-state index is 2.46. The minimum Gasteiger partial charge on any atom is -0.102 e. The van der Waals surface area contributed by atoms with Gasteiger partial charge in [0.2, 0.25) is 0 Å². The summed E-state index contributed by atoms with van der Waals surface area (Å²) in [4.78, 5) is 0. The van der Waals surface area contributed by atoms with Gasteiger partial charge in [0.1, 0.15) is 0 Å². The average Bonchev–Trinajstić information content (AvgIpc) is 2.20. The van der Waals surface area contributed by atoms with Crippen LogP contribution in [0.1, 0.15) is 30.5 Å². The summed E-state index contributed by atoms with van der Waals surface area (Å²) >= 11 is 0. The lowest BCUT2D eigenvalue weighted by Crippen LogP contribution is -2.05. The molecule has 2 rings (SSSR count). The van der Waals surface area contributed by atoms with E-state index in [-0.39, 0.29) is 7.92 Å². The lowest BCUT2D eigenvalue weighted by molar-refractivity contribution is 0.673. The van der Waals surface area contributed by atoms with E-state index in [1.54, 1.807) is 5.56 Å². The fraction of sp³-hybridized carbons (Fsp3) is 0.500. The molecule has 0 saturated carbocycles. The molecule has 0 N–H and O–H groups in total. The van der Waals surface area contributed by atoms with Crippen LogP contribution >= 0.6 is 7.92 Å². The first-order chi connectivity index (χ1) is 6.38. The average molecular weight is 192 g/mol. The molecule has 1 aliphatic rings. The standard InChI is InChI=1S/C12H17P/c1-13-10-6-5-9-12(13)11-7-3-2-4-8-11/h2-4,7-8,12H,5-6,9-10H2,1H3. The Balaban J connectivity index is 2.15. The number of benzene rings is 1. The van der Waals surface area contributed by atoms with Crippen molar-refractivity contribution < 1.29 is 0 Å². The van der Waals surface area contributed by atoms with E-state index in [1.165, 1.54) is 25.4 Å². The van der Waals surface area contributed by atoms with Crippen molar-refractivity contribution in [3.8, 4) is 0 Å². The van der Waals surface area contributed by atoms with Gasteiger partial charge in [-0.05, 0) is 31.2 Å². The van der Waals surface area contributed by atoms with Crippen LogP contribution in [-0.4, -0.2) is 12.8 Å². The Hall–Kier alpha value is -0.350. The summed E-state index contributed by atoms with van der Waals surface area (Å²) in [7, 11) is 0.269. The largest absolute Gasteiger partial charge is 0.102 e. The van der Waals surface area contributed by atoms with Crippen molar-refractivity contribution in [2.45, 2.75) is 24.9 Å². The van der Waals surface area contributed by atoms with Crippen LogP contribution in [0.3, 0.4) is 0 Å². The molecule has 1 aromatic carbocycles. The van der Waals surface area contributed by atoms with E-state index >= 15 is 0 Å². The van der Waals surface area contributed by atoms with Gasteiger partial charge in [-0.2, -0.15) is 0 Å². The van der Waals surface area contributed by atoms with Crippen molar-refractivity contribution in [1.29, 1.82) is 0 Å². The Morgan fingerprint density at radius 1 is 1.15 bits per heavy atom. The molecule has 1 saturated heterocycles. The monoisotopic (exact) mass is 192 g/mol. The van der Waals surface area contributed by atoms with Crippen LogP contribution in [0.2, 0.25) is 0 Å². The molecular formula is C12H17P. The predicted molar refractivity (Wildman–Crippen MR) is 60.7 cm³/mol. The summed E-state index contributed by atoms with van der Waals surface area (Å²) in [5, 5.41) is 0. The Kier molecular flexibility index (Phi) is 3.01. The van der Waals surface area contributed by atoms with Gasteiger partial charge in [-0.1, -0.05) is 36.8 Å². The maximum Gasteiger partial charge on any atom is 0.00393 e. The molecule has 0 spiro atoms. The van der Waals surface area contributed by atoms with Crippen molar-refractivity contribution >= 4 is 7.92 Å². The molecule has 0 aromatic heterocycles. The highest BCUT2D eigenvalue weighted by molar-refractivity contribution is 7.57. The maximum absolute atomic E-state index is 2.46. The molecule has 0 aliphatic carbocycles. The smallest absolute Gasteiger partial charge is 0.00393 e. The Bertz CT molecular complexity index is 255. The van der Waals surface area contributed by atoms with Gasteiger partial charge in [0.25, 0.3) is 0 Å². The number of rotatable bonds is 1. The molecule has 1 aromatic rings. The van der Waals surface area contributed by atoms with Gasteiger partial charge < -0.3 is 0 Å². The van der Waals surface area contributed by atoms with E-state index in [2.05, 4.69) is 37.0 Å². The van der Waals surface area contributed by atoms with Crippen LogP contribution in [0.5, 0.6) is 0 Å². The van der Waals surface area contributed by atoms with Gasteiger partial charge in [0, 0.05) is 5.66 Å². The first-order valence-corrected chi connectivity index (χ1v) is 7.17. The molecule has 0 nitrogen and oxygen atoms in total. The molecule has 13 heavy (non-hydrogen) atoms. The summed E-state index contributed by atoms with van der Waals surface area (Å²) in [5.41, 5.74) is 2.47. The minimum absolute atomic E-state index is 0.269. The summed E-state index contributed by atoms with van der Waals surface area (Å²) in [5.74, 6) is 0. The van der Waals surface area contributed by atoms with Crippen LogP contribution < -0.4 is 0 Å². The molecule has 1 heterocycles. The third-order valence-electron chi connectivity index (χ3n) is 2.95. The van der Waals surface area contributed by atoms with Gasteiger partial charge in [-0.15, -0.1) is 7.92 Å². The molecule has 1 heteroatoms. The Morgan fingerprint density at radius 3 is 2.62 bits per heavy atom. The molecule has 1 fully saturated rings. The highest BCUT2D eigenvalue weighted by Crippen LogP contribution is 2.54. The van der Waals surface area contributed by atoms with Crippen LogP contribution in [-0.2, 0) is 0 Å². The highest BCUT2D eigenvalue weighted by atomic mass is 31.1. The predicted octanol–water partition coefficient (Wildman–Crippen LogP) is 4.02. The first-order valence-electron chi connectivity index (χ1n) is 5.13. The third-order valence-corrected chi connectivity index (χ3v) is 5.60. The van der Waals surface area contributed by atoms with Crippen LogP contribution in [0, 0.1) is 0 Å². The van der Waals surface area contributed by atoms with E-state index in [0.717, 1.165) is 5.66 Å². The SMILES string of the molecule is CP1CCCCC1c1ccccc1. The first kappa shape index (κ1) is 9.21. The van der Waals surface area contributed by atoms with Crippen molar-refractivity contribution in [3.05, 3.63) is 35.9 Å². The molecule has 2 unspecified atom stereocenters. The topological polar surface area (TPSA) is 0 Å². The Labute approximate surface area is 82.1 Å². The third kappa shape index (κ3) is 2.11. The van der Waals surface area contributed by atoms with Crippen LogP contribution in [0.4, 0.5) is 0 Å². The molecule has 0 amide bonds. The normalized spacial score (nSPS) is 28.7. The minimum atomic E-state index is 0.269. The molecular weight excluding hydrogens is 175 g/mol.